The molecule has 0 bridgehead atoms. The molecule has 10 heteroatoms. The maximum Gasteiger partial charge on any atom is 0.247 e. The summed E-state index contributed by atoms with van der Waals surface area (Å²) < 4.78 is 23.0. The van der Waals surface area contributed by atoms with Gasteiger partial charge < -0.3 is 10.5 Å². The average molecular weight is 506 g/mol. The molecule has 0 unspecified atom stereocenters. The van der Waals surface area contributed by atoms with E-state index >= 15 is 4.39 Å². The van der Waals surface area contributed by atoms with Crippen molar-refractivity contribution in [2.75, 3.05) is 4.90 Å². The first-order chi connectivity index (χ1) is 17.3. The standard InChI is InChI=1S/C26H21ClFN5O3/c1-32-15-16(14-31-32)22-13-20(8-11-30-22)36-19-6-7-23(21(28)12-19)33(18-4-2-17(27)3-5-18)25(35)26(9-10-26)24(29)34/h2-8,11-15H,9-10H2,1H3,(H2,29,34). The number of anilines is 2. The van der Waals surface area contributed by atoms with E-state index in [-0.39, 0.29) is 11.4 Å². The van der Waals surface area contributed by atoms with Crippen LogP contribution < -0.4 is 15.4 Å². The number of ether oxygens (including phenoxy) is 1. The molecule has 2 heterocycles. The number of benzene rings is 2. The lowest BCUT2D eigenvalue weighted by atomic mass is 10.0. The zero-order valence-electron chi connectivity index (χ0n) is 19.2. The molecule has 2 amide bonds. The van der Waals surface area contributed by atoms with Crippen LogP contribution in [0.3, 0.4) is 0 Å². The Balaban J connectivity index is 1.46. The van der Waals surface area contributed by atoms with Crippen LogP contribution in [0.4, 0.5) is 15.8 Å². The summed E-state index contributed by atoms with van der Waals surface area (Å²) in [5.74, 6) is -1.35. The van der Waals surface area contributed by atoms with Gasteiger partial charge in [0.1, 0.15) is 16.9 Å². The van der Waals surface area contributed by atoms with E-state index in [2.05, 4.69) is 10.1 Å². The molecule has 2 aromatic carbocycles. The number of halogens is 2. The van der Waals surface area contributed by atoms with Crippen LogP contribution in [-0.4, -0.2) is 26.6 Å². The number of aromatic nitrogens is 3. The van der Waals surface area contributed by atoms with Gasteiger partial charge in [-0.25, -0.2) is 4.39 Å². The maximum atomic E-state index is 15.4. The molecular formula is C26H21ClFN5O3. The van der Waals surface area contributed by atoms with Gasteiger partial charge in [-0.1, -0.05) is 11.6 Å². The maximum absolute atomic E-state index is 15.4. The van der Waals surface area contributed by atoms with Gasteiger partial charge in [0.15, 0.2) is 5.82 Å². The molecule has 0 aliphatic heterocycles. The van der Waals surface area contributed by atoms with Crippen molar-refractivity contribution in [3.05, 3.63) is 84.0 Å². The van der Waals surface area contributed by atoms with Gasteiger partial charge in [-0.15, -0.1) is 0 Å². The van der Waals surface area contributed by atoms with Gasteiger partial charge in [0, 0.05) is 47.8 Å². The Morgan fingerprint density at radius 2 is 1.83 bits per heavy atom. The zero-order valence-corrected chi connectivity index (χ0v) is 19.9. The number of hydrogen-bond donors (Lipinski definition) is 1. The highest BCUT2D eigenvalue weighted by Crippen LogP contribution is 2.49. The third-order valence-electron chi connectivity index (χ3n) is 6.05. The Kier molecular flexibility index (Phi) is 5.93. The largest absolute Gasteiger partial charge is 0.457 e. The average Bonchev–Trinajstić information content (AvgIpc) is 3.57. The first-order valence-electron chi connectivity index (χ1n) is 11.1. The van der Waals surface area contributed by atoms with Crippen molar-refractivity contribution in [1.82, 2.24) is 14.8 Å². The number of nitrogens with two attached hydrogens (primary N) is 1. The number of primary amides is 1. The van der Waals surface area contributed by atoms with Crippen molar-refractivity contribution in [1.29, 1.82) is 0 Å². The Morgan fingerprint density at radius 3 is 2.44 bits per heavy atom. The fraction of sp³-hybridized carbons (Fsp3) is 0.154. The number of amides is 2. The lowest BCUT2D eigenvalue weighted by Gasteiger charge is -2.27. The van der Waals surface area contributed by atoms with Gasteiger partial charge in [0.2, 0.25) is 11.8 Å². The molecule has 0 saturated heterocycles. The molecular weight excluding hydrogens is 485 g/mol. The van der Waals surface area contributed by atoms with Crippen molar-refractivity contribution < 1.29 is 18.7 Å². The number of hydrogen-bond acceptors (Lipinski definition) is 5. The van der Waals surface area contributed by atoms with Crippen molar-refractivity contribution in [2.45, 2.75) is 12.8 Å². The molecule has 0 radical (unpaired) electrons. The van der Waals surface area contributed by atoms with Crippen molar-refractivity contribution in [2.24, 2.45) is 18.2 Å². The zero-order chi connectivity index (χ0) is 25.4. The molecule has 1 fully saturated rings. The van der Waals surface area contributed by atoms with E-state index in [1.807, 2.05) is 6.20 Å². The van der Waals surface area contributed by atoms with E-state index in [9.17, 15) is 9.59 Å². The molecule has 1 saturated carbocycles. The quantitative estimate of drug-likeness (QED) is 0.356. The van der Waals surface area contributed by atoms with Gasteiger partial charge in [0.25, 0.3) is 0 Å². The number of aryl methyl sites for hydroxylation is 1. The van der Waals surface area contributed by atoms with E-state index in [0.717, 1.165) is 5.56 Å². The summed E-state index contributed by atoms with van der Waals surface area (Å²) in [5.41, 5.74) is 5.97. The Bertz CT molecular complexity index is 1470. The monoisotopic (exact) mass is 505 g/mol. The normalized spacial score (nSPS) is 13.8. The number of nitrogens with zero attached hydrogens (tertiary/aromatic N) is 4. The van der Waals surface area contributed by atoms with Crippen molar-refractivity contribution in [3.63, 3.8) is 0 Å². The van der Waals surface area contributed by atoms with Crippen molar-refractivity contribution >= 4 is 34.8 Å². The van der Waals surface area contributed by atoms with Gasteiger partial charge in [0.05, 0.1) is 17.6 Å². The molecule has 1 aliphatic carbocycles. The minimum atomic E-state index is -1.35. The van der Waals surface area contributed by atoms with E-state index < -0.39 is 23.0 Å². The molecule has 8 nitrogen and oxygen atoms in total. The van der Waals surface area contributed by atoms with E-state index in [4.69, 9.17) is 22.1 Å². The van der Waals surface area contributed by atoms with Crippen LogP contribution in [0.25, 0.3) is 11.3 Å². The van der Waals surface area contributed by atoms with Crippen LogP contribution in [0, 0.1) is 11.2 Å². The highest BCUT2D eigenvalue weighted by molar-refractivity contribution is 6.30. The SMILES string of the molecule is Cn1cc(-c2cc(Oc3ccc(N(C(=O)C4(C(N)=O)CC4)c4ccc(Cl)cc4)c(F)c3)ccn2)cn1. The number of pyridine rings is 1. The van der Waals surface area contributed by atoms with Crippen LogP contribution >= 0.6 is 11.6 Å². The second-order valence-corrected chi connectivity index (χ2v) is 8.99. The molecule has 36 heavy (non-hydrogen) atoms. The fourth-order valence-corrected chi connectivity index (χ4v) is 4.04. The molecule has 2 aromatic heterocycles. The second kappa shape index (κ2) is 9.09. The smallest absolute Gasteiger partial charge is 0.247 e. The number of carbonyl (C=O) groups is 2. The van der Waals surface area contributed by atoms with E-state index in [1.165, 1.54) is 17.0 Å². The topological polar surface area (TPSA) is 103 Å². The van der Waals surface area contributed by atoms with Crippen LogP contribution in [0.2, 0.25) is 5.02 Å². The summed E-state index contributed by atoms with van der Waals surface area (Å²) in [7, 11) is 1.81. The predicted octanol–water partition coefficient (Wildman–Crippen LogP) is 5.00. The molecule has 1 aliphatic rings. The lowest BCUT2D eigenvalue weighted by molar-refractivity contribution is -0.133. The van der Waals surface area contributed by atoms with E-state index in [0.29, 0.717) is 35.0 Å². The highest BCUT2D eigenvalue weighted by atomic mass is 35.5. The Hall–Kier alpha value is -4.24. The van der Waals surface area contributed by atoms with Crippen LogP contribution in [0.15, 0.2) is 73.2 Å². The number of rotatable bonds is 7. The summed E-state index contributed by atoms with van der Waals surface area (Å²) in [6, 6.07) is 13.9. The lowest BCUT2D eigenvalue weighted by Crippen LogP contribution is -2.41. The minimum absolute atomic E-state index is 0.0343. The van der Waals surface area contributed by atoms with Gasteiger partial charge >= 0.3 is 0 Å². The van der Waals surface area contributed by atoms with E-state index in [1.54, 1.807) is 66.6 Å². The van der Waals surface area contributed by atoms with Gasteiger partial charge in [-0.05, 0) is 55.3 Å². The van der Waals surface area contributed by atoms with Crippen LogP contribution in [-0.2, 0) is 16.6 Å². The number of carbonyl (C=O) groups excluding carboxylic acids is 2. The molecule has 4 aromatic rings. The highest BCUT2D eigenvalue weighted by Gasteiger charge is 2.57. The molecule has 2 N–H and O–H groups in total. The third kappa shape index (κ3) is 4.40. The molecule has 182 valence electrons. The van der Waals surface area contributed by atoms with Gasteiger partial charge in [-0.3, -0.25) is 24.2 Å². The third-order valence-corrected chi connectivity index (χ3v) is 6.30. The first-order valence-corrected chi connectivity index (χ1v) is 11.5. The molecule has 5 rings (SSSR count). The predicted molar refractivity (Wildman–Crippen MR) is 132 cm³/mol. The summed E-state index contributed by atoms with van der Waals surface area (Å²) >= 11 is 6.00. The molecule has 0 spiro atoms. The summed E-state index contributed by atoms with van der Waals surface area (Å²) in [6.45, 7) is 0. The summed E-state index contributed by atoms with van der Waals surface area (Å²) in [4.78, 5) is 31.0. The molecule has 0 atom stereocenters. The second-order valence-electron chi connectivity index (χ2n) is 8.56. The van der Waals surface area contributed by atoms with Crippen LogP contribution in [0.1, 0.15) is 12.8 Å². The minimum Gasteiger partial charge on any atom is -0.457 e. The van der Waals surface area contributed by atoms with Crippen molar-refractivity contribution in [3.8, 4) is 22.8 Å². The summed E-state index contributed by atoms with van der Waals surface area (Å²) in [6.07, 6.45) is 5.72. The fourth-order valence-electron chi connectivity index (χ4n) is 3.92. The first kappa shape index (κ1) is 23.5. The summed E-state index contributed by atoms with van der Waals surface area (Å²) in [5, 5.41) is 4.59. The Labute approximate surface area is 211 Å². The van der Waals surface area contributed by atoms with Gasteiger partial charge in [-0.2, -0.15) is 5.10 Å². The Morgan fingerprint density at radius 1 is 1.11 bits per heavy atom. The van der Waals surface area contributed by atoms with Crippen LogP contribution in [0.5, 0.6) is 11.5 Å².